The molecule has 3 rings (SSSR count). The Morgan fingerprint density at radius 2 is 1.55 bits per heavy atom. The maximum Gasteiger partial charge on any atom is 0.432 e. The average molecular weight is 450 g/mol. The standard InChI is InChI=1S/C21H20F6O4/c1-3-6-19(2)10-29-21(28,30-11-19)12-7-16(24)18(17(25)8-12)20(26,27)31-13-4-5-14(22)15(23)9-13/h4-5,7-9,28H,3,6,10-11H2,1-2H3. The van der Waals surface area contributed by atoms with Gasteiger partial charge in [-0.15, -0.1) is 0 Å². The van der Waals surface area contributed by atoms with E-state index in [1.54, 1.807) is 0 Å². The van der Waals surface area contributed by atoms with Gasteiger partial charge in [0.05, 0.1) is 13.2 Å². The van der Waals surface area contributed by atoms with Crippen LogP contribution in [0.2, 0.25) is 0 Å². The number of benzene rings is 2. The molecule has 10 heteroatoms. The minimum atomic E-state index is -4.58. The molecule has 1 N–H and O–H groups in total. The van der Waals surface area contributed by atoms with Crippen molar-refractivity contribution in [3.63, 3.8) is 0 Å². The molecule has 0 atom stereocenters. The number of alkyl halides is 2. The minimum Gasteiger partial charge on any atom is -0.429 e. The summed E-state index contributed by atoms with van der Waals surface area (Å²) in [7, 11) is 0. The maximum atomic E-state index is 14.5. The molecule has 0 aromatic heterocycles. The van der Waals surface area contributed by atoms with Gasteiger partial charge in [0.15, 0.2) is 11.6 Å². The highest BCUT2D eigenvalue weighted by Gasteiger charge is 2.46. The van der Waals surface area contributed by atoms with E-state index < -0.39 is 57.6 Å². The fourth-order valence-corrected chi connectivity index (χ4v) is 3.31. The highest BCUT2D eigenvalue weighted by Crippen LogP contribution is 2.40. The van der Waals surface area contributed by atoms with E-state index >= 15 is 0 Å². The third kappa shape index (κ3) is 4.81. The van der Waals surface area contributed by atoms with Crippen LogP contribution in [-0.4, -0.2) is 18.3 Å². The van der Waals surface area contributed by atoms with Gasteiger partial charge < -0.3 is 19.3 Å². The van der Waals surface area contributed by atoms with Gasteiger partial charge in [-0.2, -0.15) is 8.78 Å². The Balaban J connectivity index is 1.87. The Kier molecular flexibility index (Phi) is 6.28. The van der Waals surface area contributed by atoms with Crippen LogP contribution in [0.1, 0.15) is 37.8 Å². The van der Waals surface area contributed by atoms with Crippen molar-refractivity contribution in [1.82, 2.24) is 0 Å². The number of hydrogen-bond donors (Lipinski definition) is 1. The summed E-state index contributed by atoms with van der Waals surface area (Å²) in [6.45, 7) is 3.81. The Morgan fingerprint density at radius 1 is 0.968 bits per heavy atom. The van der Waals surface area contributed by atoms with Crippen molar-refractivity contribution in [2.75, 3.05) is 13.2 Å². The molecule has 0 unspecified atom stereocenters. The predicted molar refractivity (Wildman–Crippen MR) is 96.1 cm³/mol. The lowest BCUT2D eigenvalue weighted by atomic mass is 9.86. The van der Waals surface area contributed by atoms with Gasteiger partial charge in [0.25, 0.3) is 0 Å². The van der Waals surface area contributed by atoms with Crippen LogP contribution in [0.15, 0.2) is 30.3 Å². The summed E-state index contributed by atoms with van der Waals surface area (Å²) in [5.41, 5.74) is -2.77. The van der Waals surface area contributed by atoms with E-state index in [4.69, 9.17) is 9.47 Å². The minimum absolute atomic E-state index is 0.0116. The Hall–Kier alpha value is -2.30. The van der Waals surface area contributed by atoms with Gasteiger partial charge in [-0.25, -0.2) is 17.6 Å². The highest BCUT2D eigenvalue weighted by atomic mass is 19.3. The molecule has 2 aromatic carbocycles. The van der Waals surface area contributed by atoms with Gasteiger partial charge >= 0.3 is 12.1 Å². The molecule has 0 aliphatic carbocycles. The quantitative estimate of drug-likeness (QED) is 0.605. The zero-order chi connectivity index (χ0) is 23.0. The van der Waals surface area contributed by atoms with Crippen molar-refractivity contribution in [2.45, 2.75) is 38.8 Å². The second-order valence-corrected chi connectivity index (χ2v) is 7.73. The summed E-state index contributed by atoms with van der Waals surface area (Å²) < 4.78 is 98.7. The van der Waals surface area contributed by atoms with E-state index in [1.807, 2.05) is 13.8 Å². The van der Waals surface area contributed by atoms with Crippen LogP contribution in [0, 0.1) is 28.7 Å². The van der Waals surface area contributed by atoms with Crippen LogP contribution >= 0.6 is 0 Å². The lowest BCUT2D eigenvalue weighted by molar-refractivity contribution is -0.415. The molecule has 1 aliphatic rings. The summed E-state index contributed by atoms with van der Waals surface area (Å²) >= 11 is 0. The molecule has 0 saturated carbocycles. The number of hydrogen-bond acceptors (Lipinski definition) is 4. The Bertz CT molecular complexity index is 934. The van der Waals surface area contributed by atoms with Crippen LogP contribution in [0.5, 0.6) is 5.75 Å². The molecule has 1 saturated heterocycles. The Labute approximate surface area is 174 Å². The molecule has 1 fully saturated rings. The smallest absolute Gasteiger partial charge is 0.429 e. The first-order valence-electron chi connectivity index (χ1n) is 9.41. The van der Waals surface area contributed by atoms with E-state index in [-0.39, 0.29) is 13.2 Å². The van der Waals surface area contributed by atoms with Crippen LogP contribution in [0.25, 0.3) is 0 Å². The summed E-state index contributed by atoms with van der Waals surface area (Å²) in [4.78, 5) is 0. The molecule has 31 heavy (non-hydrogen) atoms. The van der Waals surface area contributed by atoms with Crippen LogP contribution in [0.4, 0.5) is 26.3 Å². The fourth-order valence-electron chi connectivity index (χ4n) is 3.31. The molecule has 1 heterocycles. The lowest BCUT2D eigenvalue weighted by Crippen LogP contribution is -2.46. The predicted octanol–water partition coefficient (Wildman–Crippen LogP) is 5.33. The largest absolute Gasteiger partial charge is 0.432 e. The molecular weight excluding hydrogens is 430 g/mol. The fraction of sp³-hybridized carbons (Fsp3) is 0.429. The highest BCUT2D eigenvalue weighted by molar-refractivity contribution is 5.32. The number of aliphatic hydroxyl groups is 1. The van der Waals surface area contributed by atoms with E-state index in [1.165, 1.54) is 0 Å². The molecule has 0 radical (unpaired) electrons. The van der Waals surface area contributed by atoms with Gasteiger partial charge in [-0.1, -0.05) is 20.3 Å². The summed E-state index contributed by atoms with van der Waals surface area (Å²) in [6, 6.07) is 2.38. The number of rotatable bonds is 6. The van der Waals surface area contributed by atoms with Crippen molar-refractivity contribution in [2.24, 2.45) is 5.41 Å². The van der Waals surface area contributed by atoms with E-state index in [9.17, 15) is 31.4 Å². The molecule has 0 amide bonds. The SMILES string of the molecule is CCCC1(C)COC(O)(c2cc(F)c(C(F)(F)Oc3ccc(F)c(F)c3)c(F)c2)OC1. The monoisotopic (exact) mass is 450 g/mol. The second kappa shape index (κ2) is 8.33. The molecule has 2 aromatic rings. The van der Waals surface area contributed by atoms with Crippen LogP contribution in [0.3, 0.4) is 0 Å². The van der Waals surface area contributed by atoms with Gasteiger partial charge in [-0.05, 0) is 30.7 Å². The van der Waals surface area contributed by atoms with E-state index in [0.29, 0.717) is 36.8 Å². The van der Waals surface area contributed by atoms with Crippen molar-refractivity contribution in [3.8, 4) is 5.75 Å². The summed E-state index contributed by atoms with van der Waals surface area (Å²) in [5.74, 6) is -9.68. The summed E-state index contributed by atoms with van der Waals surface area (Å²) in [6.07, 6.45) is -3.06. The van der Waals surface area contributed by atoms with Crippen molar-refractivity contribution in [3.05, 3.63) is 64.7 Å². The van der Waals surface area contributed by atoms with E-state index in [2.05, 4.69) is 4.74 Å². The van der Waals surface area contributed by atoms with Crippen LogP contribution in [-0.2, 0) is 21.6 Å². The molecule has 4 nitrogen and oxygen atoms in total. The average Bonchev–Trinajstić information content (AvgIpc) is 2.66. The van der Waals surface area contributed by atoms with Gasteiger partial charge in [0.2, 0.25) is 0 Å². The zero-order valence-electron chi connectivity index (χ0n) is 16.7. The normalized spacial score (nSPS) is 24.3. The van der Waals surface area contributed by atoms with Gasteiger partial charge in [-0.3, -0.25) is 0 Å². The van der Waals surface area contributed by atoms with Crippen LogP contribution < -0.4 is 4.74 Å². The number of ether oxygens (including phenoxy) is 3. The molecular formula is C21H20F6O4. The zero-order valence-corrected chi connectivity index (χ0v) is 16.7. The third-order valence-electron chi connectivity index (χ3n) is 4.92. The van der Waals surface area contributed by atoms with Crippen molar-refractivity contribution < 1.29 is 45.7 Å². The van der Waals surface area contributed by atoms with Crippen molar-refractivity contribution in [1.29, 1.82) is 0 Å². The van der Waals surface area contributed by atoms with Gasteiger partial charge in [0.1, 0.15) is 22.9 Å². The Morgan fingerprint density at radius 3 is 2.06 bits per heavy atom. The second-order valence-electron chi connectivity index (χ2n) is 7.73. The van der Waals surface area contributed by atoms with Crippen molar-refractivity contribution >= 4 is 0 Å². The first-order chi connectivity index (χ1) is 14.4. The summed E-state index contributed by atoms with van der Waals surface area (Å²) in [5, 5.41) is 10.5. The molecule has 1 aliphatic heterocycles. The van der Waals surface area contributed by atoms with E-state index in [0.717, 1.165) is 6.42 Å². The molecule has 0 bridgehead atoms. The molecule has 0 spiro atoms. The number of halogens is 6. The molecule has 170 valence electrons. The van der Waals surface area contributed by atoms with Gasteiger partial charge in [0, 0.05) is 17.0 Å². The topological polar surface area (TPSA) is 47.9 Å². The lowest BCUT2D eigenvalue weighted by Gasteiger charge is -2.41. The maximum absolute atomic E-state index is 14.5. The first kappa shape index (κ1) is 23.4. The first-order valence-corrected chi connectivity index (χ1v) is 9.41. The third-order valence-corrected chi connectivity index (χ3v) is 4.92.